The number of ether oxygens (including phenoxy) is 1. The summed E-state index contributed by atoms with van der Waals surface area (Å²) in [5.74, 6) is 0.313. The number of carbonyl (C=O) groups is 2. The lowest BCUT2D eigenvalue weighted by Crippen LogP contribution is -2.35. The number of carbonyl (C=O) groups excluding carboxylic acids is 2. The number of fused-ring (bicyclic) bond motifs is 1. The molecule has 2 amide bonds. The summed E-state index contributed by atoms with van der Waals surface area (Å²) < 4.78 is 5.31. The van der Waals surface area contributed by atoms with Gasteiger partial charge in [0.05, 0.1) is 0 Å². The molecule has 0 atom stereocenters. The lowest BCUT2D eigenvalue weighted by molar-refractivity contribution is -0.119. The van der Waals surface area contributed by atoms with Crippen LogP contribution < -0.4 is 15.4 Å². The van der Waals surface area contributed by atoms with E-state index in [4.69, 9.17) is 10.5 Å². The molecule has 26 heavy (non-hydrogen) atoms. The second-order valence-electron chi connectivity index (χ2n) is 6.89. The fourth-order valence-electron chi connectivity index (χ4n) is 3.22. The summed E-state index contributed by atoms with van der Waals surface area (Å²) >= 11 is 0. The van der Waals surface area contributed by atoms with E-state index in [1.165, 1.54) is 11.1 Å². The van der Waals surface area contributed by atoms with Gasteiger partial charge < -0.3 is 15.4 Å². The molecule has 0 fully saturated rings. The van der Waals surface area contributed by atoms with E-state index in [2.05, 4.69) is 32.0 Å². The van der Waals surface area contributed by atoms with E-state index in [1.54, 1.807) is 24.3 Å². The van der Waals surface area contributed by atoms with Crippen LogP contribution in [0.15, 0.2) is 42.5 Å². The highest BCUT2D eigenvalue weighted by Gasteiger charge is 2.24. The first-order chi connectivity index (χ1) is 12.5. The molecule has 0 saturated carbocycles. The van der Waals surface area contributed by atoms with Crippen molar-refractivity contribution in [3.8, 4) is 5.75 Å². The monoisotopic (exact) mass is 352 g/mol. The molecule has 0 radical (unpaired) electrons. The molecule has 0 unspecified atom stereocenters. The van der Waals surface area contributed by atoms with Gasteiger partial charge in [0, 0.05) is 17.8 Å². The van der Waals surface area contributed by atoms with Crippen LogP contribution >= 0.6 is 0 Å². The molecule has 3 rings (SSSR count). The normalized spacial score (nSPS) is 13.4. The molecule has 1 aliphatic rings. The van der Waals surface area contributed by atoms with Crippen LogP contribution in [0.2, 0.25) is 0 Å². The van der Waals surface area contributed by atoms with E-state index < -0.39 is 5.91 Å². The van der Waals surface area contributed by atoms with Gasteiger partial charge in [-0.25, -0.2) is 0 Å². The Morgan fingerprint density at radius 1 is 1.19 bits per heavy atom. The highest BCUT2D eigenvalue weighted by molar-refractivity contribution is 6.07. The molecule has 1 aliphatic heterocycles. The predicted molar refractivity (Wildman–Crippen MR) is 102 cm³/mol. The summed E-state index contributed by atoms with van der Waals surface area (Å²) in [5, 5.41) is 0. The largest absolute Gasteiger partial charge is 0.484 e. The molecule has 136 valence electrons. The van der Waals surface area contributed by atoms with Gasteiger partial charge in [0.1, 0.15) is 5.75 Å². The predicted octanol–water partition coefficient (Wildman–Crippen LogP) is 3.27. The molecule has 0 spiro atoms. The van der Waals surface area contributed by atoms with Crippen molar-refractivity contribution in [3.05, 3.63) is 59.2 Å². The number of nitrogens with two attached hydrogens (primary N) is 1. The van der Waals surface area contributed by atoms with Crippen LogP contribution in [0, 0.1) is 0 Å². The van der Waals surface area contributed by atoms with Gasteiger partial charge in [0.15, 0.2) is 6.61 Å². The first kappa shape index (κ1) is 18.0. The lowest BCUT2D eigenvalue weighted by Gasteiger charge is -2.30. The summed E-state index contributed by atoms with van der Waals surface area (Å²) in [6.07, 6.45) is 1.93. The highest BCUT2D eigenvalue weighted by Crippen LogP contribution is 2.31. The minimum atomic E-state index is -0.548. The van der Waals surface area contributed by atoms with Crippen LogP contribution in [0.25, 0.3) is 0 Å². The van der Waals surface area contributed by atoms with E-state index in [0.717, 1.165) is 18.5 Å². The first-order valence-electron chi connectivity index (χ1n) is 8.91. The van der Waals surface area contributed by atoms with Gasteiger partial charge in [-0.1, -0.05) is 32.0 Å². The van der Waals surface area contributed by atoms with Gasteiger partial charge in [0.2, 0.25) is 0 Å². The maximum absolute atomic E-state index is 13.1. The van der Waals surface area contributed by atoms with Gasteiger partial charge in [-0.15, -0.1) is 0 Å². The summed E-state index contributed by atoms with van der Waals surface area (Å²) in [5.41, 5.74) is 9.13. The third kappa shape index (κ3) is 3.87. The number of hydrogen-bond donors (Lipinski definition) is 1. The molecule has 5 heteroatoms. The zero-order valence-electron chi connectivity index (χ0n) is 15.2. The van der Waals surface area contributed by atoms with Crippen LogP contribution in [-0.4, -0.2) is 25.0 Å². The van der Waals surface area contributed by atoms with Crippen LogP contribution in [-0.2, 0) is 11.2 Å². The van der Waals surface area contributed by atoms with E-state index in [-0.39, 0.29) is 12.5 Å². The Labute approximate surface area is 153 Å². The van der Waals surface area contributed by atoms with E-state index in [1.807, 2.05) is 4.90 Å². The Kier molecular flexibility index (Phi) is 5.26. The number of amides is 2. The van der Waals surface area contributed by atoms with Crippen LogP contribution in [0.4, 0.5) is 5.69 Å². The minimum Gasteiger partial charge on any atom is -0.484 e. The Bertz CT molecular complexity index is 830. The van der Waals surface area contributed by atoms with Crippen molar-refractivity contribution in [1.82, 2.24) is 0 Å². The van der Waals surface area contributed by atoms with Crippen molar-refractivity contribution in [2.24, 2.45) is 5.73 Å². The van der Waals surface area contributed by atoms with Crippen molar-refractivity contribution < 1.29 is 14.3 Å². The van der Waals surface area contributed by atoms with Gasteiger partial charge in [-0.05, 0) is 54.2 Å². The van der Waals surface area contributed by atoms with Crippen LogP contribution in [0.3, 0.4) is 0 Å². The summed E-state index contributed by atoms with van der Waals surface area (Å²) in [6.45, 7) is 4.83. The molecule has 1 heterocycles. The highest BCUT2D eigenvalue weighted by atomic mass is 16.5. The summed E-state index contributed by atoms with van der Waals surface area (Å²) in [4.78, 5) is 25.8. The maximum Gasteiger partial charge on any atom is 0.258 e. The topological polar surface area (TPSA) is 72.6 Å². The molecule has 0 bridgehead atoms. The smallest absolute Gasteiger partial charge is 0.258 e. The van der Waals surface area contributed by atoms with Gasteiger partial charge in [-0.2, -0.15) is 0 Å². The van der Waals surface area contributed by atoms with Crippen LogP contribution in [0.1, 0.15) is 47.7 Å². The zero-order chi connectivity index (χ0) is 18.7. The van der Waals surface area contributed by atoms with Crippen molar-refractivity contribution >= 4 is 17.5 Å². The Hall–Kier alpha value is -2.82. The van der Waals surface area contributed by atoms with Crippen molar-refractivity contribution in [2.75, 3.05) is 18.1 Å². The average Bonchev–Trinajstić information content (AvgIpc) is 2.65. The van der Waals surface area contributed by atoms with Crippen molar-refractivity contribution in [2.45, 2.75) is 32.6 Å². The number of aryl methyl sites for hydroxylation is 1. The van der Waals surface area contributed by atoms with Gasteiger partial charge in [0.25, 0.3) is 11.8 Å². The number of nitrogens with zero attached hydrogens (tertiary/aromatic N) is 1. The molecular weight excluding hydrogens is 328 g/mol. The van der Waals surface area contributed by atoms with E-state index in [0.29, 0.717) is 23.8 Å². The number of benzene rings is 2. The van der Waals surface area contributed by atoms with Gasteiger partial charge in [-0.3, -0.25) is 9.59 Å². The molecule has 2 aromatic rings. The van der Waals surface area contributed by atoms with Gasteiger partial charge >= 0.3 is 0 Å². The van der Waals surface area contributed by atoms with Crippen LogP contribution in [0.5, 0.6) is 5.75 Å². The Morgan fingerprint density at radius 2 is 2.00 bits per heavy atom. The number of anilines is 1. The number of primary amides is 1. The second kappa shape index (κ2) is 7.60. The Morgan fingerprint density at radius 3 is 2.73 bits per heavy atom. The second-order valence-corrected chi connectivity index (χ2v) is 6.89. The molecule has 2 N–H and O–H groups in total. The third-order valence-corrected chi connectivity index (χ3v) is 4.60. The minimum absolute atomic E-state index is 0.0622. The van der Waals surface area contributed by atoms with E-state index in [9.17, 15) is 9.59 Å². The molecular formula is C21H24N2O3. The van der Waals surface area contributed by atoms with E-state index >= 15 is 0 Å². The summed E-state index contributed by atoms with van der Waals surface area (Å²) in [6, 6.07) is 13.2. The van der Waals surface area contributed by atoms with Crippen molar-refractivity contribution in [1.29, 1.82) is 0 Å². The molecule has 0 aromatic heterocycles. The SMILES string of the molecule is CC(C)c1ccc2c(c1)CCCN2C(=O)c1cccc(OCC(N)=O)c1. The standard InChI is InChI=1S/C21H24N2O3/c1-14(2)15-8-9-19-16(11-15)6-4-10-23(19)21(25)17-5-3-7-18(12-17)26-13-20(22)24/h3,5,7-9,11-12,14H,4,6,10,13H2,1-2H3,(H2,22,24). The lowest BCUT2D eigenvalue weighted by atomic mass is 9.94. The quantitative estimate of drug-likeness (QED) is 0.897. The fraction of sp³-hybridized carbons (Fsp3) is 0.333. The maximum atomic E-state index is 13.1. The number of rotatable bonds is 5. The third-order valence-electron chi connectivity index (χ3n) is 4.60. The Balaban J connectivity index is 1.85. The average molecular weight is 352 g/mol. The molecule has 0 saturated heterocycles. The number of hydrogen-bond acceptors (Lipinski definition) is 3. The molecule has 5 nitrogen and oxygen atoms in total. The first-order valence-corrected chi connectivity index (χ1v) is 8.91. The molecule has 0 aliphatic carbocycles. The zero-order valence-corrected chi connectivity index (χ0v) is 15.2. The summed E-state index contributed by atoms with van der Waals surface area (Å²) in [7, 11) is 0. The fourth-order valence-corrected chi connectivity index (χ4v) is 3.22. The molecule has 2 aromatic carbocycles. The van der Waals surface area contributed by atoms with Crippen molar-refractivity contribution in [3.63, 3.8) is 0 Å².